The summed E-state index contributed by atoms with van der Waals surface area (Å²) in [4.78, 5) is 7.75. The van der Waals surface area contributed by atoms with E-state index in [0.29, 0.717) is 12.6 Å². The second-order valence-corrected chi connectivity index (χ2v) is 5.19. The van der Waals surface area contributed by atoms with Crippen molar-refractivity contribution in [2.24, 2.45) is 5.16 Å². The van der Waals surface area contributed by atoms with Gasteiger partial charge >= 0.3 is 0 Å². The maximum atomic E-state index is 5.41. The van der Waals surface area contributed by atoms with Crippen LogP contribution in [0.3, 0.4) is 0 Å². The normalized spacial score (nSPS) is 18.2. The molecule has 0 spiro atoms. The molecule has 0 saturated carbocycles. The summed E-state index contributed by atoms with van der Waals surface area (Å²) in [7, 11) is 0. The molecule has 0 N–H and O–H groups in total. The lowest BCUT2D eigenvalue weighted by Gasteiger charge is -2.32. The number of hydrogen-bond acceptors (Lipinski definition) is 4. The van der Waals surface area contributed by atoms with Crippen molar-refractivity contribution in [3.63, 3.8) is 0 Å². The summed E-state index contributed by atoms with van der Waals surface area (Å²) in [6, 6.07) is 10.6. The number of hydrogen-bond donors (Lipinski definition) is 0. The summed E-state index contributed by atoms with van der Waals surface area (Å²) in [5, 5.41) is 4.31. The Bertz CT molecular complexity index is 453. The number of oxime groups is 1. The molecule has 21 heavy (non-hydrogen) atoms. The van der Waals surface area contributed by atoms with Gasteiger partial charge in [-0.15, -0.1) is 0 Å². The summed E-state index contributed by atoms with van der Waals surface area (Å²) < 4.78 is 5.41. The molecule has 0 amide bonds. The molecule has 0 aromatic heterocycles. The van der Waals surface area contributed by atoms with Gasteiger partial charge < -0.3 is 9.57 Å². The van der Waals surface area contributed by atoms with Crippen LogP contribution in [-0.2, 0) is 9.57 Å². The summed E-state index contributed by atoms with van der Waals surface area (Å²) in [6.45, 7) is 9.91. The average molecular weight is 288 g/mol. The van der Waals surface area contributed by atoms with Gasteiger partial charge in [-0.25, -0.2) is 0 Å². The van der Waals surface area contributed by atoms with E-state index < -0.39 is 0 Å². The fourth-order valence-electron chi connectivity index (χ4n) is 2.43. The lowest BCUT2D eigenvalue weighted by Crippen LogP contribution is -2.43. The highest BCUT2D eigenvalue weighted by molar-refractivity contribution is 6.00. The quantitative estimate of drug-likeness (QED) is 0.335. The summed E-state index contributed by atoms with van der Waals surface area (Å²) >= 11 is 0. The number of nitrogens with zero attached hydrogens (tertiary/aromatic N) is 2. The molecule has 2 rings (SSSR count). The van der Waals surface area contributed by atoms with E-state index in [9.17, 15) is 0 Å². The standard InChI is InChI=1S/C17H24N2O2/c1-3-11-21-18-17(16-7-5-4-6-8-16)14-15(2)19-9-12-20-13-10-19/h3-8,15H,1,9-14H2,2H3. The van der Waals surface area contributed by atoms with Gasteiger partial charge in [0.05, 0.1) is 18.9 Å². The Hall–Kier alpha value is -1.65. The molecule has 1 saturated heterocycles. The van der Waals surface area contributed by atoms with E-state index >= 15 is 0 Å². The molecule has 1 aliphatic rings. The highest BCUT2D eigenvalue weighted by atomic mass is 16.6. The van der Waals surface area contributed by atoms with E-state index in [1.807, 2.05) is 18.2 Å². The van der Waals surface area contributed by atoms with Gasteiger partial charge in [-0.1, -0.05) is 48.1 Å². The van der Waals surface area contributed by atoms with Crippen molar-refractivity contribution in [1.29, 1.82) is 0 Å². The molecule has 4 nitrogen and oxygen atoms in total. The molecular weight excluding hydrogens is 264 g/mol. The van der Waals surface area contributed by atoms with Crippen LogP contribution in [0.4, 0.5) is 0 Å². The van der Waals surface area contributed by atoms with Crippen molar-refractivity contribution in [2.45, 2.75) is 19.4 Å². The van der Waals surface area contributed by atoms with Gasteiger partial charge in [0.25, 0.3) is 0 Å². The molecule has 1 aromatic carbocycles. The van der Waals surface area contributed by atoms with Gasteiger partial charge in [-0.05, 0) is 12.5 Å². The van der Waals surface area contributed by atoms with Crippen molar-refractivity contribution >= 4 is 5.71 Å². The molecule has 0 bridgehead atoms. The van der Waals surface area contributed by atoms with Gasteiger partial charge in [0.15, 0.2) is 0 Å². The van der Waals surface area contributed by atoms with Crippen molar-refractivity contribution < 1.29 is 9.57 Å². The average Bonchev–Trinajstić information content (AvgIpc) is 2.55. The predicted molar refractivity (Wildman–Crippen MR) is 85.6 cm³/mol. The van der Waals surface area contributed by atoms with Crippen LogP contribution in [0.15, 0.2) is 48.1 Å². The van der Waals surface area contributed by atoms with Crippen LogP contribution < -0.4 is 0 Å². The van der Waals surface area contributed by atoms with Crippen molar-refractivity contribution in [2.75, 3.05) is 32.9 Å². The highest BCUT2D eigenvalue weighted by Crippen LogP contribution is 2.13. The first-order valence-corrected chi connectivity index (χ1v) is 7.48. The zero-order valence-electron chi connectivity index (χ0n) is 12.7. The third-order valence-corrected chi connectivity index (χ3v) is 3.63. The maximum absolute atomic E-state index is 5.41. The zero-order valence-corrected chi connectivity index (χ0v) is 12.7. The summed E-state index contributed by atoms with van der Waals surface area (Å²) in [5.74, 6) is 0. The molecule has 4 heteroatoms. The van der Waals surface area contributed by atoms with Crippen molar-refractivity contribution in [1.82, 2.24) is 4.90 Å². The molecule has 1 atom stereocenters. The first-order valence-electron chi connectivity index (χ1n) is 7.48. The highest BCUT2D eigenvalue weighted by Gasteiger charge is 2.19. The minimum atomic E-state index is 0.417. The number of rotatable bonds is 7. The Kier molecular flexibility index (Phi) is 6.44. The lowest BCUT2D eigenvalue weighted by molar-refractivity contribution is 0.0214. The Morgan fingerprint density at radius 2 is 2.10 bits per heavy atom. The molecular formula is C17H24N2O2. The minimum absolute atomic E-state index is 0.417. The second kappa shape index (κ2) is 8.60. The number of benzene rings is 1. The Balaban J connectivity index is 2.04. The van der Waals surface area contributed by atoms with Crippen LogP contribution in [0, 0.1) is 0 Å². The van der Waals surface area contributed by atoms with Crippen LogP contribution in [0.1, 0.15) is 18.9 Å². The Morgan fingerprint density at radius 3 is 2.76 bits per heavy atom. The molecule has 1 unspecified atom stereocenters. The monoisotopic (exact) mass is 288 g/mol. The van der Waals surface area contributed by atoms with Crippen LogP contribution in [0.5, 0.6) is 0 Å². The third kappa shape index (κ3) is 4.99. The lowest BCUT2D eigenvalue weighted by atomic mass is 10.0. The fourth-order valence-corrected chi connectivity index (χ4v) is 2.43. The fraction of sp³-hybridized carbons (Fsp3) is 0.471. The molecule has 1 heterocycles. The summed E-state index contributed by atoms with van der Waals surface area (Å²) in [5.41, 5.74) is 2.10. The van der Waals surface area contributed by atoms with Crippen LogP contribution in [-0.4, -0.2) is 49.6 Å². The number of ether oxygens (including phenoxy) is 1. The molecule has 1 aromatic rings. The van der Waals surface area contributed by atoms with E-state index in [0.717, 1.165) is 44.0 Å². The predicted octanol–water partition coefficient (Wildman–Crippen LogP) is 2.70. The smallest absolute Gasteiger partial charge is 0.135 e. The van der Waals surface area contributed by atoms with E-state index in [-0.39, 0.29) is 0 Å². The van der Waals surface area contributed by atoms with Crippen molar-refractivity contribution in [3.8, 4) is 0 Å². The minimum Gasteiger partial charge on any atom is -0.391 e. The van der Waals surface area contributed by atoms with Crippen molar-refractivity contribution in [3.05, 3.63) is 48.6 Å². The van der Waals surface area contributed by atoms with Gasteiger partial charge in [-0.2, -0.15) is 0 Å². The largest absolute Gasteiger partial charge is 0.391 e. The van der Waals surface area contributed by atoms with Crippen LogP contribution in [0.25, 0.3) is 0 Å². The van der Waals surface area contributed by atoms with Gasteiger partial charge in [-0.3, -0.25) is 4.90 Å². The van der Waals surface area contributed by atoms with Gasteiger partial charge in [0.2, 0.25) is 0 Å². The molecule has 114 valence electrons. The first-order chi connectivity index (χ1) is 10.3. The maximum Gasteiger partial charge on any atom is 0.135 e. The van der Waals surface area contributed by atoms with E-state index in [1.165, 1.54) is 0 Å². The van der Waals surface area contributed by atoms with E-state index in [1.54, 1.807) is 6.08 Å². The first kappa shape index (κ1) is 15.7. The van der Waals surface area contributed by atoms with E-state index in [2.05, 4.69) is 35.7 Å². The molecule has 1 fully saturated rings. The second-order valence-electron chi connectivity index (χ2n) is 5.19. The van der Waals surface area contributed by atoms with Crippen LogP contribution in [0.2, 0.25) is 0 Å². The molecule has 0 aliphatic carbocycles. The Labute approximate surface area is 127 Å². The molecule has 1 aliphatic heterocycles. The van der Waals surface area contributed by atoms with Gasteiger partial charge in [0.1, 0.15) is 6.61 Å². The van der Waals surface area contributed by atoms with Crippen LogP contribution >= 0.6 is 0 Å². The third-order valence-electron chi connectivity index (χ3n) is 3.63. The topological polar surface area (TPSA) is 34.1 Å². The summed E-state index contributed by atoms with van der Waals surface area (Å²) in [6.07, 6.45) is 2.57. The zero-order chi connectivity index (χ0) is 14.9. The van der Waals surface area contributed by atoms with E-state index in [4.69, 9.17) is 9.57 Å². The Morgan fingerprint density at radius 1 is 1.38 bits per heavy atom. The SMILES string of the molecule is C=CCON=C(CC(C)N1CCOCC1)c1ccccc1. The number of morpholine rings is 1. The van der Waals surface area contributed by atoms with Gasteiger partial charge in [0, 0.05) is 25.6 Å². The molecule has 0 radical (unpaired) electrons.